The van der Waals surface area contributed by atoms with Crippen LogP contribution in [0.1, 0.15) is 39.3 Å². The van der Waals surface area contributed by atoms with Crippen molar-refractivity contribution in [1.29, 1.82) is 0 Å². The fourth-order valence-corrected chi connectivity index (χ4v) is 4.48. The van der Waals surface area contributed by atoms with Crippen molar-refractivity contribution in [2.45, 2.75) is 25.4 Å². The van der Waals surface area contributed by atoms with E-state index in [0.717, 1.165) is 5.56 Å². The SMILES string of the molecule is Cc1ccc2oc(C(=O)N3CCC4(CC3)NC(=O)c3cccnc3N4C)cc(=O)c2c1. The number of nitrogens with one attached hydrogen (secondary N) is 1. The first-order chi connectivity index (χ1) is 14.9. The second-order valence-electron chi connectivity index (χ2n) is 8.19. The Kier molecular flexibility index (Phi) is 4.32. The lowest BCUT2D eigenvalue weighted by molar-refractivity contribution is 0.0582. The van der Waals surface area contributed by atoms with Crippen LogP contribution in [0.5, 0.6) is 0 Å². The number of likely N-dealkylation sites (tertiary alicyclic amines) is 1. The van der Waals surface area contributed by atoms with Crippen molar-refractivity contribution in [2.75, 3.05) is 25.0 Å². The third-order valence-corrected chi connectivity index (χ3v) is 6.31. The van der Waals surface area contributed by atoms with Crippen LogP contribution in [0.15, 0.2) is 51.8 Å². The molecule has 0 bridgehead atoms. The molecule has 1 N–H and O–H groups in total. The van der Waals surface area contributed by atoms with Gasteiger partial charge in [0.25, 0.3) is 11.8 Å². The van der Waals surface area contributed by atoms with Gasteiger partial charge in [0, 0.05) is 45.2 Å². The van der Waals surface area contributed by atoms with E-state index >= 15 is 0 Å². The van der Waals surface area contributed by atoms with E-state index in [-0.39, 0.29) is 23.0 Å². The molecule has 0 atom stereocenters. The van der Waals surface area contributed by atoms with Gasteiger partial charge in [-0.25, -0.2) is 4.98 Å². The van der Waals surface area contributed by atoms with Crippen LogP contribution in [-0.2, 0) is 0 Å². The predicted molar refractivity (Wildman–Crippen MR) is 115 cm³/mol. The number of piperidine rings is 1. The molecule has 8 heteroatoms. The van der Waals surface area contributed by atoms with E-state index in [0.29, 0.717) is 48.3 Å². The zero-order chi connectivity index (χ0) is 21.8. The average Bonchev–Trinajstić information content (AvgIpc) is 2.78. The predicted octanol–water partition coefficient (Wildman–Crippen LogP) is 2.31. The van der Waals surface area contributed by atoms with Crippen LogP contribution < -0.4 is 15.6 Å². The molecule has 0 unspecified atom stereocenters. The Morgan fingerprint density at radius 3 is 2.71 bits per heavy atom. The summed E-state index contributed by atoms with van der Waals surface area (Å²) in [6.45, 7) is 2.74. The molecule has 8 nitrogen and oxygen atoms in total. The summed E-state index contributed by atoms with van der Waals surface area (Å²) in [5.41, 5.74) is 1.06. The minimum absolute atomic E-state index is 0.0327. The van der Waals surface area contributed by atoms with Gasteiger partial charge in [0.2, 0.25) is 0 Å². The Hall–Kier alpha value is -3.68. The number of rotatable bonds is 1. The molecule has 0 aliphatic carbocycles. The number of anilines is 1. The van der Waals surface area contributed by atoms with Crippen LogP contribution in [0.3, 0.4) is 0 Å². The summed E-state index contributed by atoms with van der Waals surface area (Å²) in [6.07, 6.45) is 2.74. The van der Waals surface area contributed by atoms with Gasteiger partial charge in [0.15, 0.2) is 11.2 Å². The summed E-state index contributed by atoms with van der Waals surface area (Å²) in [6, 6.07) is 10.1. The number of hydrogen-bond acceptors (Lipinski definition) is 6. The molecule has 5 rings (SSSR count). The highest BCUT2D eigenvalue weighted by Gasteiger charge is 2.45. The summed E-state index contributed by atoms with van der Waals surface area (Å²) >= 11 is 0. The highest BCUT2D eigenvalue weighted by atomic mass is 16.3. The molecule has 2 aliphatic rings. The highest BCUT2D eigenvalue weighted by Crippen LogP contribution is 2.35. The van der Waals surface area contributed by atoms with Crippen LogP contribution in [-0.4, -0.2) is 47.5 Å². The number of carbonyl (C=O) groups excluding carboxylic acids is 2. The monoisotopic (exact) mass is 418 g/mol. The molecule has 0 saturated carbocycles. The van der Waals surface area contributed by atoms with Crippen LogP contribution in [0.25, 0.3) is 11.0 Å². The van der Waals surface area contributed by atoms with Crippen molar-refractivity contribution in [1.82, 2.24) is 15.2 Å². The van der Waals surface area contributed by atoms with Crippen LogP contribution in [0, 0.1) is 6.92 Å². The fourth-order valence-electron chi connectivity index (χ4n) is 4.48. The van der Waals surface area contributed by atoms with Gasteiger partial charge < -0.3 is 19.5 Å². The van der Waals surface area contributed by atoms with Gasteiger partial charge in [-0.1, -0.05) is 11.6 Å². The maximum absolute atomic E-state index is 13.1. The molecule has 1 aromatic carbocycles. The topological polar surface area (TPSA) is 95.8 Å². The van der Waals surface area contributed by atoms with Crippen molar-refractivity contribution in [3.8, 4) is 0 Å². The molecule has 2 aliphatic heterocycles. The first-order valence-corrected chi connectivity index (χ1v) is 10.2. The van der Waals surface area contributed by atoms with Crippen LogP contribution >= 0.6 is 0 Å². The quantitative estimate of drug-likeness (QED) is 0.652. The first kappa shape index (κ1) is 19.3. The van der Waals surface area contributed by atoms with E-state index in [4.69, 9.17) is 4.42 Å². The molecular weight excluding hydrogens is 396 g/mol. The molecule has 4 heterocycles. The smallest absolute Gasteiger partial charge is 0.289 e. The molecule has 0 radical (unpaired) electrons. The number of fused-ring (bicyclic) bond motifs is 2. The van der Waals surface area contributed by atoms with E-state index in [1.807, 2.05) is 24.9 Å². The summed E-state index contributed by atoms with van der Waals surface area (Å²) in [5, 5.41) is 3.58. The maximum Gasteiger partial charge on any atom is 0.289 e. The number of amides is 2. The molecule has 1 spiro atoms. The van der Waals surface area contributed by atoms with Gasteiger partial charge in [-0.15, -0.1) is 0 Å². The van der Waals surface area contributed by atoms with E-state index in [9.17, 15) is 14.4 Å². The fraction of sp³-hybridized carbons (Fsp3) is 0.304. The van der Waals surface area contributed by atoms with Crippen molar-refractivity contribution in [2.24, 2.45) is 0 Å². The molecule has 1 fully saturated rings. The second kappa shape index (κ2) is 6.94. The lowest BCUT2D eigenvalue weighted by atomic mass is 9.91. The molecule has 3 aromatic rings. The summed E-state index contributed by atoms with van der Waals surface area (Å²) in [7, 11) is 1.91. The number of hydrogen-bond donors (Lipinski definition) is 1. The zero-order valence-corrected chi connectivity index (χ0v) is 17.3. The highest BCUT2D eigenvalue weighted by molar-refractivity contribution is 6.01. The van der Waals surface area contributed by atoms with E-state index in [1.54, 1.807) is 35.4 Å². The van der Waals surface area contributed by atoms with E-state index < -0.39 is 5.66 Å². The molecule has 158 valence electrons. The van der Waals surface area contributed by atoms with Gasteiger partial charge >= 0.3 is 0 Å². The van der Waals surface area contributed by atoms with E-state index in [2.05, 4.69) is 10.3 Å². The minimum atomic E-state index is -0.600. The summed E-state index contributed by atoms with van der Waals surface area (Å²) in [4.78, 5) is 46.2. The number of aromatic nitrogens is 1. The second-order valence-corrected chi connectivity index (χ2v) is 8.19. The van der Waals surface area contributed by atoms with E-state index in [1.165, 1.54) is 6.07 Å². The zero-order valence-electron chi connectivity index (χ0n) is 17.3. The van der Waals surface area contributed by atoms with Crippen LogP contribution in [0.4, 0.5) is 5.82 Å². The normalized spacial score (nSPS) is 17.5. The lowest BCUT2D eigenvalue weighted by Crippen LogP contribution is -2.67. The maximum atomic E-state index is 13.1. The third kappa shape index (κ3) is 3.06. The molecule has 31 heavy (non-hydrogen) atoms. The minimum Gasteiger partial charge on any atom is -0.451 e. The molecular formula is C23H22N4O4. The number of nitrogens with zero attached hydrogens (tertiary/aromatic N) is 3. The Bertz CT molecular complexity index is 1270. The Morgan fingerprint density at radius 1 is 1.16 bits per heavy atom. The van der Waals surface area contributed by atoms with Crippen molar-refractivity contribution < 1.29 is 14.0 Å². The van der Waals surface area contributed by atoms with Gasteiger partial charge in [0.1, 0.15) is 17.1 Å². The van der Waals surface area contributed by atoms with Crippen LogP contribution in [0.2, 0.25) is 0 Å². The number of pyridine rings is 1. The van der Waals surface area contributed by atoms with Gasteiger partial charge in [-0.2, -0.15) is 0 Å². The standard InChI is InChI=1S/C23H22N4O4/c1-14-5-6-18-16(12-14)17(28)13-19(31-18)22(30)27-10-7-23(8-11-27)25-21(29)15-4-3-9-24-20(15)26(23)2/h3-6,9,12-13H,7-8,10-11H2,1-2H3,(H,25,29). The molecule has 2 aromatic heterocycles. The Balaban J connectivity index is 1.38. The van der Waals surface area contributed by atoms with Crippen molar-refractivity contribution in [3.05, 3.63) is 69.7 Å². The number of carbonyl (C=O) groups is 2. The molecule has 1 saturated heterocycles. The number of aryl methyl sites for hydroxylation is 1. The van der Waals surface area contributed by atoms with Crippen molar-refractivity contribution >= 4 is 28.6 Å². The Morgan fingerprint density at radius 2 is 1.94 bits per heavy atom. The van der Waals surface area contributed by atoms with Gasteiger partial charge in [-0.3, -0.25) is 14.4 Å². The average molecular weight is 418 g/mol. The lowest BCUT2D eigenvalue weighted by Gasteiger charge is -2.50. The van der Waals surface area contributed by atoms with Crippen molar-refractivity contribution in [3.63, 3.8) is 0 Å². The first-order valence-electron chi connectivity index (χ1n) is 10.2. The third-order valence-electron chi connectivity index (χ3n) is 6.31. The number of benzene rings is 1. The van der Waals surface area contributed by atoms with Gasteiger partial charge in [-0.05, 0) is 31.2 Å². The summed E-state index contributed by atoms with van der Waals surface area (Å²) in [5.74, 6) is 0.196. The Labute approximate surface area is 178 Å². The summed E-state index contributed by atoms with van der Waals surface area (Å²) < 4.78 is 5.75. The largest absolute Gasteiger partial charge is 0.451 e. The molecule has 2 amide bonds. The van der Waals surface area contributed by atoms with Gasteiger partial charge in [0.05, 0.1) is 10.9 Å².